The quantitative estimate of drug-likeness (QED) is 0.849. The Kier molecular flexibility index (Phi) is 6.10. The van der Waals surface area contributed by atoms with Crippen LogP contribution < -0.4 is 10.1 Å². The summed E-state index contributed by atoms with van der Waals surface area (Å²) in [5.41, 5.74) is 2.59. The van der Waals surface area contributed by atoms with Crippen molar-refractivity contribution < 1.29 is 9.53 Å². The van der Waals surface area contributed by atoms with Gasteiger partial charge >= 0.3 is 0 Å². The van der Waals surface area contributed by atoms with E-state index in [1.165, 1.54) is 6.42 Å². The summed E-state index contributed by atoms with van der Waals surface area (Å²) in [6.45, 7) is 3.69. The molecule has 1 fully saturated rings. The third-order valence-electron chi connectivity index (χ3n) is 5.00. The Morgan fingerprint density at radius 1 is 1.23 bits per heavy atom. The van der Waals surface area contributed by atoms with Crippen LogP contribution in [0.3, 0.4) is 0 Å². The lowest BCUT2D eigenvalue weighted by Gasteiger charge is -2.35. The van der Waals surface area contributed by atoms with Gasteiger partial charge in [0.2, 0.25) is 0 Å². The van der Waals surface area contributed by atoms with Gasteiger partial charge in [0.15, 0.2) is 0 Å². The fourth-order valence-electron chi connectivity index (χ4n) is 3.41. The van der Waals surface area contributed by atoms with Crippen molar-refractivity contribution in [3.05, 3.63) is 53.9 Å². The van der Waals surface area contributed by atoms with Crippen molar-refractivity contribution in [2.24, 2.45) is 0 Å². The average Bonchev–Trinajstić information content (AvgIpc) is 2.72. The molecule has 2 heterocycles. The molecule has 26 heavy (non-hydrogen) atoms. The minimum atomic E-state index is 0.0539. The average molecular weight is 353 g/mol. The highest BCUT2D eigenvalue weighted by molar-refractivity contribution is 5.92. The maximum atomic E-state index is 12.8. The molecule has 138 valence electrons. The van der Waals surface area contributed by atoms with Crippen molar-refractivity contribution in [3.8, 4) is 5.75 Å². The molecule has 1 aliphatic heterocycles. The van der Waals surface area contributed by atoms with E-state index in [9.17, 15) is 4.79 Å². The smallest absolute Gasteiger partial charge is 0.272 e. The van der Waals surface area contributed by atoms with Gasteiger partial charge in [-0.1, -0.05) is 19.1 Å². The van der Waals surface area contributed by atoms with Gasteiger partial charge in [-0.2, -0.15) is 0 Å². The van der Waals surface area contributed by atoms with Gasteiger partial charge < -0.3 is 15.0 Å². The largest absolute Gasteiger partial charge is 0.497 e. The SMILES string of the molecule is CCC1CCCCN1C(=O)c1ccc(NCc2ccc(OC)cc2)cn1. The first-order valence-corrected chi connectivity index (χ1v) is 9.35. The molecule has 0 saturated carbocycles. The van der Waals surface area contributed by atoms with Crippen LogP contribution in [0.25, 0.3) is 0 Å². The van der Waals surface area contributed by atoms with Crippen molar-refractivity contribution in [2.75, 3.05) is 19.0 Å². The number of carbonyl (C=O) groups is 1. The zero-order chi connectivity index (χ0) is 18.4. The zero-order valence-corrected chi connectivity index (χ0v) is 15.6. The summed E-state index contributed by atoms with van der Waals surface area (Å²) in [6.07, 6.45) is 6.15. The van der Waals surface area contributed by atoms with Crippen LogP contribution in [0.15, 0.2) is 42.6 Å². The molecule has 0 radical (unpaired) electrons. The minimum Gasteiger partial charge on any atom is -0.497 e. The molecule has 3 rings (SSSR count). The van der Waals surface area contributed by atoms with Gasteiger partial charge in [-0.25, -0.2) is 4.98 Å². The zero-order valence-electron chi connectivity index (χ0n) is 15.6. The van der Waals surface area contributed by atoms with Gasteiger partial charge in [-0.15, -0.1) is 0 Å². The van der Waals surface area contributed by atoms with E-state index >= 15 is 0 Å². The molecule has 1 amide bonds. The molecule has 1 aliphatic rings. The van der Waals surface area contributed by atoms with Crippen molar-refractivity contribution in [1.29, 1.82) is 0 Å². The number of ether oxygens (including phenoxy) is 1. The first-order valence-electron chi connectivity index (χ1n) is 9.35. The highest BCUT2D eigenvalue weighted by Gasteiger charge is 2.26. The van der Waals surface area contributed by atoms with Crippen LogP contribution in [-0.2, 0) is 6.54 Å². The van der Waals surface area contributed by atoms with Crippen LogP contribution in [0.1, 0.15) is 48.7 Å². The standard InChI is InChI=1S/C21H27N3O2/c1-3-18-6-4-5-13-24(18)21(25)20-12-9-17(15-23-20)22-14-16-7-10-19(26-2)11-8-16/h7-12,15,18,22H,3-6,13-14H2,1-2H3. The second kappa shape index (κ2) is 8.70. The maximum Gasteiger partial charge on any atom is 0.272 e. The molecular weight excluding hydrogens is 326 g/mol. The summed E-state index contributed by atoms with van der Waals surface area (Å²) in [7, 11) is 1.66. The number of aromatic nitrogens is 1. The predicted octanol–water partition coefficient (Wildman–Crippen LogP) is 4.11. The molecule has 1 aromatic heterocycles. The number of nitrogens with one attached hydrogen (secondary N) is 1. The summed E-state index contributed by atoms with van der Waals surface area (Å²) in [5.74, 6) is 0.902. The van der Waals surface area contributed by atoms with E-state index in [1.807, 2.05) is 41.3 Å². The molecule has 5 heteroatoms. The number of carbonyl (C=O) groups excluding carboxylic acids is 1. The monoisotopic (exact) mass is 353 g/mol. The number of piperidine rings is 1. The van der Waals surface area contributed by atoms with Gasteiger partial charge in [-0.3, -0.25) is 4.79 Å². The number of benzene rings is 1. The van der Waals surface area contributed by atoms with Crippen molar-refractivity contribution in [3.63, 3.8) is 0 Å². The molecular formula is C21H27N3O2. The van der Waals surface area contributed by atoms with Crippen LogP contribution in [0.4, 0.5) is 5.69 Å². The third kappa shape index (κ3) is 4.34. The molecule has 1 N–H and O–H groups in total. The van der Waals surface area contributed by atoms with Gasteiger partial charge in [-0.05, 0) is 55.5 Å². The lowest BCUT2D eigenvalue weighted by atomic mass is 9.99. The molecule has 1 atom stereocenters. The van der Waals surface area contributed by atoms with E-state index in [1.54, 1.807) is 13.3 Å². The van der Waals surface area contributed by atoms with Gasteiger partial charge in [0.1, 0.15) is 11.4 Å². The second-order valence-electron chi connectivity index (χ2n) is 6.69. The fraction of sp³-hybridized carbons (Fsp3) is 0.429. The normalized spacial score (nSPS) is 17.0. The summed E-state index contributed by atoms with van der Waals surface area (Å²) in [6, 6.07) is 12.0. The molecule has 0 bridgehead atoms. The van der Waals surface area contributed by atoms with Crippen LogP contribution in [0, 0.1) is 0 Å². The summed E-state index contributed by atoms with van der Waals surface area (Å²) < 4.78 is 5.17. The Morgan fingerprint density at radius 3 is 2.69 bits per heavy atom. The summed E-state index contributed by atoms with van der Waals surface area (Å²) in [5, 5.41) is 3.34. The summed E-state index contributed by atoms with van der Waals surface area (Å²) in [4.78, 5) is 19.1. The summed E-state index contributed by atoms with van der Waals surface area (Å²) >= 11 is 0. The van der Waals surface area contributed by atoms with Gasteiger partial charge in [0, 0.05) is 19.1 Å². The number of amides is 1. The van der Waals surface area contributed by atoms with E-state index in [0.717, 1.165) is 42.8 Å². The lowest BCUT2D eigenvalue weighted by molar-refractivity contribution is 0.0602. The van der Waals surface area contributed by atoms with Gasteiger partial charge in [0.25, 0.3) is 5.91 Å². The first kappa shape index (κ1) is 18.2. The van der Waals surface area contributed by atoms with Crippen molar-refractivity contribution >= 4 is 11.6 Å². The van der Waals surface area contributed by atoms with Crippen LogP contribution in [0.2, 0.25) is 0 Å². The molecule has 0 spiro atoms. The minimum absolute atomic E-state index is 0.0539. The number of rotatable bonds is 6. The molecule has 1 aromatic carbocycles. The molecule has 2 aromatic rings. The van der Waals surface area contributed by atoms with Gasteiger partial charge in [0.05, 0.1) is 19.0 Å². The number of hydrogen-bond acceptors (Lipinski definition) is 4. The molecule has 1 saturated heterocycles. The van der Waals surface area contributed by atoms with E-state index in [4.69, 9.17) is 4.74 Å². The molecule has 0 aliphatic carbocycles. The topological polar surface area (TPSA) is 54.5 Å². The Bertz CT molecular complexity index is 713. The second-order valence-corrected chi connectivity index (χ2v) is 6.69. The van der Waals surface area contributed by atoms with E-state index in [0.29, 0.717) is 18.3 Å². The lowest BCUT2D eigenvalue weighted by Crippen LogP contribution is -2.43. The van der Waals surface area contributed by atoms with E-state index in [2.05, 4.69) is 17.2 Å². The number of likely N-dealkylation sites (tertiary alicyclic amines) is 1. The predicted molar refractivity (Wildman–Crippen MR) is 104 cm³/mol. The number of nitrogens with zero attached hydrogens (tertiary/aromatic N) is 2. The van der Waals surface area contributed by atoms with Crippen molar-refractivity contribution in [2.45, 2.75) is 45.2 Å². The van der Waals surface area contributed by atoms with Crippen LogP contribution >= 0.6 is 0 Å². The number of methoxy groups -OCH3 is 1. The Morgan fingerprint density at radius 2 is 2.04 bits per heavy atom. The van der Waals surface area contributed by atoms with E-state index < -0.39 is 0 Å². The number of pyridine rings is 1. The van der Waals surface area contributed by atoms with E-state index in [-0.39, 0.29) is 5.91 Å². The highest BCUT2D eigenvalue weighted by atomic mass is 16.5. The maximum absolute atomic E-state index is 12.8. The third-order valence-corrected chi connectivity index (χ3v) is 5.00. The highest BCUT2D eigenvalue weighted by Crippen LogP contribution is 2.21. The Hall–Kier alpha value is -2.56. The van der Waals surface area contributed by atoms with Crippen molar-refractivity contribution in [1.82, 2.24) is 9.88 Å². The fourth-order valence-corrected chi connectivity index (χ4v) is 3.41. The first-order chi connectivity index (χ1) is 12.7. The Balaban J connectivity index is 1.59. The molecule has 5 nitrogen and oxygen atoms in total. The molecule has 1 unspecified atom stereocenters. The number of anilines is 1. The Labute approximate surface area is 155 Å². The number of hydrogen-bond donors (Lipinski definition) is 1. The van der Waals surface area contributed by atoms with Crippen LogP contribution in [0.5, 0.6) is 5.75 Å². The van der Waals surface area contributed by atoms with Crippen LogP contribution in [-0.4, -0.2) is 35.5 Å².